The van der Waals surface area contributed by atoms with Crippen molar-refractivity contribution in [3.05, 3.63) is 18.0 Å². The summed E-state index contributed by atoms with van der Waals surface area (Å²) in [4.78, 5) is 9.19. The maximum atomic E-state index is 12.0. The lowest BCUT2D eigenvalue weighted by molar-refractivity contribution is -0.132. The number of hydrogen-bond donors (Lipinski definition) is 1. The molecule has 4 nitrogen and oxygen atoms in total. The molecule has 17 heavy (non-hydrogen) atoms. The van der Waals surface area contributed by atoms with Gasteiger partial charge in [0.1, 0.15) is 10.7 Å². The van der Waals surface area contributed by atoms with Gasteiger partial charge >= 0.3 is 6.18 Å². The second kappa shape index (κ2) is 5.26. The third kappa shape index (κ3) is 4.51. The molecule has 0 spiro atoms. The van der Waals surface area contributed by atoms with Crippen LogP contribution in [-0.4, -0.2) is 34.7 Å². The van der Waals surface area contributed by atoms with E-state index in [0.717, 1.165) is 0 Å². The molecule has 0 fully saturated rings. The quantitative estimate of drug-likeness (QED) is 0.835. The van der Waals surface area contributed by atoms with Gasteiger partial charge < -0.3 is 10.6 Å². The van der Waals surface area contributed by atoms with Crippen molar-refractivity contribution in [2.45, 2.75) is 12.6 Å². The van der Waals surface area contributed by atoms with E-state index in [2.05, 4.69) is 9.97 Å². The molecule has 0 saturated carbocycles. The molecular formula is C9H11F3N4S. The van der Waals surface area contributed by atoms with Crippen LogP contribution in [0, 0.1) is 0 Å². The second-order valence-corrected chi connectivity index (χ2v) is 3.83. The van der Waals surface area contributed by atoms with Crippen molar-refractivity contribution in [3.8, 4) is 0 Å². The van der Waals surface area contributed by atoms with Crippen LogP contribution < -0.4 is 10.6 Å². The number of halogens is 3. The fourth-order valence-electron chi connectivity index (χ4n) is 1.06. The van der Waals surface area contributed by atoms with E-state index in [0.29, 0.717) is 5.69 Å². The Labute approximate surface area is 102 Å². The first-order chi connectivity index (χ1) is 7.79. The predicted molar refractivity (Wildman–Crippen MR) is 61.9 cm³/mol. The van der Waals surface area contributed by atoms with Crippen molar-refractivity contribution < 1.29 is 13.2 Å². The summed E-state index contributed by atoms with van der Waals surface area (Å²) in [6.45, 7) is -0.218. The largest absolute Gasteiger partial charge is 0.390 e. The van der Waals surface area contributed by atoms with Gasteiger partial charge in [0.05, 0.1) is 6.42 Å². The van der Waals surface area contributed by atoms with E-state index >= 15 is 0 Å². The Bertz CT molecular complexity index is 407. The van der Waals surface area contributed by atoms with Crippen LogP contribution in [0.5, 0.6) is 0 Å². The Morgan fingerprint density at radius 3 is 2.71 bits per heavy atom. The summed E-state index contributed by atoms with van der Waals surface area (Å²) in [6.07, 6.45) is -3.72. The molecular weight excluding hydrogens is 253 g/mol. The number of nitrogens with zero attached hydrogens (tertiary/aromatic N) is 3. The maximum Gasteiger partial charge on any atom is 0.390 e. The summed E-state index contributed by atoms with van der Waals surface area (Å²) in [5, 5.41) is 0. The zero-order valence-corrected chi connectivity index (χ0v) is 9.85. The van der Waals surface area contributed by atoms with Crippen LogP contribution in [0.25, 0.3) is 0 Å². The SMILES string of the molecule is CN(CCC(F)(F)F)c1nccc(C(N)=S)n1. The molecule has 8 heteroatoms. The zero-order chi connectivity index (χ0) is 13.1. The maximum absolute atomic E-state index is 12.0. The highest BCUT2D eigenvalue weighted by atomic mass is 32.1. The Morgan fingerprint density at radius 1 is 1.53 bits per heavy atom. The Hall–Kier alpha value is -1.44. The highest BCUT2D eigenvalue weighted by molar-refractivity contribution is 7.80. The molecule has 0 bridgehead atoms. The summed E-state index contributed by atoms with van der Waals surface area (Å²) in [5.74, 6) is 0.166. The lowest BCUT2D eigenvalue weighted by Crippen LogP contribution is -2.26. The topological polar surface area (TPSA) is 55.0 Å². The van der Waals surface area contributed by atoms with Gasteiger partial charge in [-0.1, -0.05) is 12.2 Å². The van der Waals surface area contributed by atoms with Gasteiger partial charge in [0.15, 0.2) is 0 Å². The van der Waals surface area contributed by atoms with Crippen LogP contribution in [0.4, 0.5) is 19.1 Å². The molecule has 1 rings (SSSR count). The van der Waals surface area contributed by atoms with Gasteiger partial charge in [0.25, 0.3) is 0 Å². The lowest BCUT2D eigenvalue weighted by atomic mass is 10.4. The molecule has 94 valence electrons. The van der Waals surface area contributed by atoms with Crippen LogP contribution in [0.3, 0.4) is 0 Å². The number of anilines is 1. The van der Waals surface area contributed by atoms with Gasteiger partial charge in [-0.2, -0.15) is 13.2 Å². The van der Waals surface area contributed by atoms with Crippen LogP contribution >= 0.6 is 12.2 Å². The smallest absolute Gasteiger partial charge is 0.388 e. The minimum absolute atomic E-state index is 0.0814. The number of rotatable bonds is 4. The van der Waals surface area contributed by atoms with E-state index in [1.807, 2.05) is 0 Å². The van der Waals surface area contributed by atoms with E-state index in [-0.39, 0.29) is 17.5 Å². The predicted octanol–water partition coefficient (Wildman–Crippen LogP) is 1.50. The highest BCUT2D eigenvalue weighted by Gasteiger charge is 2.27. The molecule has 0 aromatic carbocycles. The third-order valence-corrected chi connectivity index (χ3v) is 2.18. The average Bonchev–Trinajstić information content (AvgIpc) is 2.25. The molecule has 1 heterocycles. The molecule has 0 amide bonds. The van der Waals surface area contributed by atoms with E-state index in [4.69, 9.17) is 18.0 Å². The number of nitrogens with two attached hydrogens (primary N) is 1. The molecule has 2 N–H and O–H groups in total. The van der Waals surface area contributed by atoms with Gasteiger partial charge in [0.2, 0.25) is 5.95 Å². The van der Waals surface area contributed by atoms with Crippen molar-refractivity contribution in [2.75, 3.05) is 18.5 Å². The molecule has 0 saturated heterocycles. The van der Waals surface area contributed by atoms with Crippen LogP contribution in [-0.2, 0) is 0 Å². The third-order valence-electron chi connectivity index (χ3n) is 1.97. The molecule has 0 unspecified atom stereocenters. The number of thiocarbonyl (C=S) groups is 1. The normalized spacial score (nSPS) is 11.3. The molecule has 0 radical (unpaired) electrons. The average molecular weight is 264 g/mol. The Kier molecular flexibility index (Phi) is 4.22. The van der Waals surface area contributed by atoms with Gasteiger partial charge in [-0.15, -0.1) is 0 Å². The fraction of sp³-hybridized carbons (Fsp3) is 0.444. The summed E-state index contributed by atoms with van der Waals surface area (Å²) in [6, 6.07) is 1.50. The van der Waals surface area contributed by atoms with Crippen LogP contribution in [0.1, 0.15) is 12.1 Å². The van der Waals surface area contributed by atoms with Crippen molar-refractivity contribution in [3.63, 3.8) is 0 Å². The molecule has 1 aromatic rings. The van der Waals surface area contributed by atoms with Crippen molar-refractivity contribution in [1.82, 2.24) is 9.97 Å². The first-order valence-electron chi connectivity index (χ1n) is 4.70. The van der Waals surface area contributed by atoms with Crippen LogP contribution in [0.2, 0.25) is 0 Å². The van der Waals surface area contributed by atoms with Crippen molar-refractivity contribution in [2.24, 2.45) is 5.73 Å². The molecule has 0 aliphatic carbocycles. The summed E-state index contributed by atoms with van der Waals surface area (Å²) in [7, 11) is 1.48. The Balaban J connectivity index is 2.72. The van der Waals surface area contributed by atoms with Crippen molar-refractivity contribution >= 4 is 23.2 Å². The molecule has 0 aliphatic rings. The number of hydrogen-bond acceptors (Lipinski definition) is 4. The highest BCUT2D eigenvalue weighted by Crippen LogP contribution is 2.20. The number of aromatic nitrogens is 2. The van der Waals surface area contributed by atoms with Gasteiger partial charge in [-0.25, -0.2) is 9.97 Å². The van der Waals surface area contributed by atoms with Gasteiger partial charge in [-0.3, -0.25) is 0 Å². The summed E-state index contributed by atoms with van der Waals surface area (Å²) in [5.41, 5.74) is 5.71. The van der Waals surface area contributed by atoms with Crippen LogP contribution in [0.15, 0.2) is 12.3 Å². The van der Waals surface area contributed by atoms with E-state index < -0.39 is 12.6 Å². The minimum atomic E-state index is -4.20. The Morgan fingerprint density at radius 2 is 2.18 bits per heavy atom. The van der Waals surface area contributed by atoms with Crippen molar-refractivity contribution in [1.29, 1.82) is 0 Å². The first-order valence-corrected chi connectivity index (χ1v) is 5.11. The zero-order valence-electron chi connectivity index (χ0n) is 9.03. The monoisotopic (exact) mass is 264 g/mol. The molecule has 0 atom stereocenters. The van der Waals surface area contributed by atoms with E-state index in [1.54, 1.807) is 0 Å². The van der Waals surface area contributed by atoms with E-state index in [9.17, 15) is 13.2 Å². The minimum Gasteiger partial charge on any atom is -0.388 e. The van der Waals surface area contributed by atoms with Gasteiger partial charge in [-0.05, 0) is 6.07 Å². The van der Waals surface area contributed by atoms with Gasteiger partial charge in [0, 0.05) is 19.8 Å². The van der Waals surface area contributed by atoms with E-state index in [1.165, 1.54) is 24.2 Å². The summed E-state index contributed by atoms with van der Waals surface area (Å²) >= 11 is 4.72. The summed E-state index contributed by atoms with van der Waals surface area (Å²) < 4.78 is 36.1. The first kappa shape index (κ1) is 13.6. The molecule has 1 aromatic heterocycles. The lowest BCUT2D eigenvalue weighted by Gasteiger charge is -2.18. The number of alkyl halides is 3. The fourth-order valence-corrected chi connectivity index (χ4v) is 1.18. The standard InChI is InChI=1S/C9H11F3N4S/c1-16(5-3-9(10,11)12)8-14-4-2-6(15-8)7(13)17/h2,4H,3,5H2,1H3,(H2,13,17). The second-order valence-electron chi connectivity index (χ2n) is 3.39. The molecule has 0 aliphatic heterocycles.